The van der Waals surface area contributed by atoms with Crippen molar-refractivity contribution >= 4 is 40.7 Å². The van der Waals surface area contributed by atoms with Gasteiger partial charge in [0.1, 0.15) is 6.10 Å². The van der Waals surface area contributed by atoms with E-state index in [1.165, 1.54) is 4.90 Å². The first-order valence-corrected chi connectivity index (χ1v) is 7.55. The van der Waals surface area contributed by atoms with Crippen LogP contribution in [0.15, 0.2) is 18.2 Å². The first kappa shape index (κ1) is 17.0. The summed E-state index contributed by atoms with van der Waals surface area (Å²) >= 11 is 11.7. The first-order valence-electron chi connectivity index (χ1n) is 6.79. The monoisotopic (exact) mass is 345 g/mol. The number of halogens is 2. The standard InChI is InChI=1S/C14H17Cl2N3O3/c1-19(14(21)12-7-17-4-5-22-12)8-13(20)18-9-2-3-10(15)11(16)6-9/h2-3,6,12,17H,4-5,7-8H2,1H3,(H,18,20). The van der Waals surface area contributed by atoms with E-state index in [4.69, 9.17) is 27.9 Å². The van der Waals surface area contributed by atoms with Crippen LogP contribution >= 0.6 is 23.2 Å². The van der Waals surface area contributed by atoms with Crippen LogP contribution in [0.4, 0.5) is 5.69 Å². The molecule has 1 heterocycles. The van der Waals surface area contributed by atoms with Crippen molar-refractivity contribution in [2.45, 2.75) is 6.10 Å². The quantitative estimate of drug-likeness (QED) is 0.864. The van der Waals surface area contributed by atoms with Crippen LogP contribution in [0.2, 0.25) is 10.0 Å². The molecule has 1 aliphatic rings. The van der Waals surface area contributed by atoms with Crippen LogP contribution < -0.4 is 10.6 Å². The smallest absolute Gasteiger partial charge is 0.253 e. The van der Waals surface area contributed by atoms with Gasteiger partial charge in [0.05, 0.1) is 23.2 Å². The lowest BCUT2D eigenvalue weighted by molar-refractivity contribution is -0.145. The van der Waals surface area contributed by atoms with Gasteiger partial charge in [-0.05, 0) is 18.2 Å². The number of hydrogen-bond acceptors (Lipinski definition) is 4. The molecule has 8 heteroatoms. The molecule has 2 rings (SSSR count). The van der Waals surface area contributed by atoms with Gasteiger partial charge in [0.2, 0.25) is 5.91 Å². The van der Waals surface area contributed by atoms with Crippen molar-refractivity contribution in [1.82, 2.24) is 10.2 Å². The van der Waals surface area contributed by atoms with E-state index in [2.05, 4.69) is 10.6 Å². The van der Waals surface area contributed by atoms with Gasteiger partial charge in [-0.2, -0.15) is 0 Å². The lowest BCUT2D eigenvalue weighted by Gasteiger charge is -2.27. The van der Waals surface area contributed by atoms with Crippen LogP contribution in [-0.2, 0) is 14.3 Å². The number of likely N-dealkylation sites (N-methyl/N-ethyl adjacent to an activating group) is 1. The average Bonchev–Trinajstić information content (AvgIpc) is 2.51. The van der Waals surface area contributed by atoms with Crippen molar-refractivity contribution in [1.29, 1.82) is 0 Å². The van der Waals surface area contributed by atoms with E-state index in [1.807, 2.05) is 0 Å². The third kappa shape index (κ3) is 4.58. The molecule has 2 N–H and O–H groups in total. The van der Waals surface area contributed by atoms with Crippen molar-refractivity contribution in [2.24, 2.45) is 0 Å². The number of ether oxygens (including phenoxy) is 1. The zero-order valence-electron chi connectivity index (χ0n) is 12.1. The summed E-state index contributed by atoms with van der Waals surface area (Å²) in [5.74, 6) is -0.547. The predicted molar refractivity (Wildman–Crippen MR) is 85.3 cm³/mol. The number of anilines is 1. The van der Waals surface area contributed by atoms with E-state index in [-0.39, 0.29) is 18.4 Å². The molecule has 6 nitrogen and oxygen atoms in total. The second-order valence-corrected chi connectivity index (χ2v) is 5.75. The summed E-state index contributed by atoms with van der Waals surface area (Å²) in [6.45, 7) is 1.60. The SMILES string of the molecule is CN(CC(=O)Nc1ccc(Cl)c(Cl)c1)C(=O)C1CNCCO1. The van der Waals surface area contributed by atoms with Crippen LogP contribution in [0.1, 0.15) is 0 Å². The maximum absolute atomic E-state index is 12.1. The number of amides is 2. The normalized spacial score (nSPS) is 17.9. The van der Waals surface area contributed by atoms with Gasteiger partial charge in [-0.1, -0.05) is 23.2 Å². The van der Waals surface area contributed by atoms with E-state index < -0.39 is 6.10 Å². The van der Waals surface area contributed by atoms with Gasteiger partial charge in [-0.3, -0.25) is 9.59 Å². The van der Waals surface area contributed by atoms with Gasteiger partial charge < -0.3 is 20.3 Å². The number of hydrogen-bond donors (Lipinski definition) is 2. The number of carbonyl (C=O) groups excluding carboxylic acids is 2. The number of nitrogens with one attached hydrogen (secondary N) is 2. The predicted octanol–water partition coefficient (Wildman–Crippen LogP) is 1.38. The van der Waals surface area contributed by atoms with E-state index in [0.29, 0.717) is 28.9 Å². The summed E-state index contributed by atoms with van der Waals surface area (Å²) in [5, 5.41) is 6.50. The molecule has 0 aromatic heterocycles. The fourth-order valence-corrected chi connectivity index (χ4v) is 2.34. The molecule has 22 heavy (non-hydrogen) atoms. The Labute approximate surface area is 138 Å². The second kappa shape index (κ2) is 7.78. The fourth-order valence-electron chi connectivity index (χ4n) is 2.04. The Hall–Kier alpha value is -1.34. The summed E-state index contributed by atoms with van der Waals surface area (Å²) in [4.78, 5) is 25.4. The second-order valence-electron chi connectivity index (χ2n) is 4.93. The third-order valence-corrected chi connectivity index (χ3v) is 3.90. The molecule has 1 atom stereocenters. The number of morpholine rings is 1. The van der Waals surface area contributed by atoms with Gasteiger partial charge in [0, 0.05) is 25.8 Å². The van der Waals surface area contributed by atoms with Crippen LogP contribution in [0.5, 0.6) is 0 Å². The van der Waals surface area contributed by atoms with Gasteiger partial charge >= 0.3 is 0 Å². The maximum Gasteiger partial charge on any atom is 0.253 e. The zero-order valence-corrected chi connectivity index (χ0v) is 13.6. The van der Waals surface area contributed by atoms with Crippen LogP contribution in [0.25, 0.3) is 0 Å². The van der Waals surface area contributed by atoms with Crippen LogP contribution in [0, 0.1) is 0 Å². The highest BCUT2D eigenvalue weighted by molar-refractivity contribution is 6.42. The summed E-state index contributed by atoms with van der Waals surface area (Å²) in [5.41, 5.74) is 0.524. The zero-order chi connectivity index (χ0) is 16.1. The van der Waals surface area contributed by atoms with Crippen molar-refractivity contribution in [3.8, 4) is 0 Å². The topological polar surface area (TPSA) is 70.7 Å². The van der Waals surface area contributed by atoms with Gasteiger partial charge in [0.15, 0.2) is 0 Å². The molecule has 0 bridgehead atoms. The van der Waals surface area contributed by atoms with Crippen LogP contribution in [0.3, 0.4) is 0 Å². The van der Waals surface area contributed by atoms with Gasteiger partial charge in [-0.25, -0.2) is 0 Å². The minimum absolute atomic E-state index is 0.0705. The Morgan fingerprint density at radius 3 is 2.82 bits per heavy atom. The Morgan fingerprint density at radius 1 is 1.41 bits per heavy atom. The largest absolute Gasteiger partial charge is 0.366 e. The Balaban J connectivity index is 1.87. The molecule has 1 aromatic carbocycles. The molecule has 0 radical (unpaired) electrons. The summed E-state index contributed by atoms with van der Waals surface area (Å²) in [6.07, 6.45) is -0.545. The molecular formula is C14H17Cl2N3O3. The average molecular weight is 346 g/mol. The molecule has 120 valence electrons. The molecule has 0 aliphatic carbocycles. The van der Waals surface area contributed by atoms with Crippen molar-refractivity contribution < 1.29 is 14.3 Å². The fraction of sp³-hybridized carbons (Fsp3) is 0.429. The number of rotatable bonds is 4. The molecular weight excluding hydrogens is 329 g/mol. The Bertz CT molecular complexity index is 562. The Morgan fingerprint density at radius 2 is 2.18 bits per heavy atom. The van der Waals surface area contributed by atoms with E-state index in [1.54, 1.807) is 25.2 Å². The molecule has 0 saturated carbocycles. The molecule has 1 saturated heterocycles. The maximum atomic E-state index is 12.1. The first-order chi connectivity index (χ1) is 10.5. The van der Waals surface area contributed by atoms with Crippen molar-refractivity contribution in [2.75, 3.05) is 38.6 Å². The van der Waals surface area contributed by atoms with Crippen molar-refractivity contribution in [3.05, 3.63) is 28.2 Å². The van der Waals surface area contributed by atoms with E-state index in [0.717, 1.165) is 6.54 Å². The minimum Gasteiger partial charge on any atom is -0.366 e. The van der Waals surface area contributed by atoms with E-state index >= 15 is 0 Å². The molecule has 2 amide bonds. The van der Waals surface area contributed by atoms with E-state index in [9.17, 15) is 9.59 Å². The van der Waals surface area contributed by atoms with Crippen LogP contribution in [-0.4, -0.2) is 56.1 Å². The lowest BCUT2D eigenvalue weighted by atomic mass is 10.2. The Kier molecular flexibility index (Phi) is 6.02. The molecule has 1 unspecified atom stereocenters. The van der Waals surface area contributed by atoms with Gasteiger partial charge in [0.25, 0.3) is 5.91 Å². The molecule has 1 aromatic rings. The molecule has 1 fully saturated rings. The highest BCUT2D eigenvalue weighted by atomic mass is 35.5. The highest BCUT2D eigenvalue weighted by Crippen LogP contribution is 2.24. The lowest BCUT2D eigenvalue weighted by Crippen LogP contribution is -2.49. The minimum atomic E-state index is -0.545. The summed E-state index contributed by atoms with van der Waals surface area (Å²) in [6, 6.07) is 4.79. The van der Waals surface area contributed by atoms with Gasteiger partial charge in [-0.15, -0.1) is 0 Å². The summed E-state index contributed by atoms with van der Waals surface area (Å²) in [7, 11) is 1.56. The number of carbonyl (C=O) groups is 2. The molecule has 0 spiro atoms. The number of nitrogens with zero attached hydrogens (tertiary/aromatic N) is 1. The summed E-state index contributed by atoms with van der Waals surface area (Å²) < 4.78 is 5.37. The van der Waals surface area contributed by atoms with Crippen molar-refractivity contribution in [3.63, 3.8) is 0 Å². The molecule has 1 aliphatic heterocycles. The number of benzene rings is 1. The third-order valence-electron chi connectivity index (χ3n) is 3.16. The highest BCUT2D eigenvalue weighted by Gasteiger charge is 2.25.